The Morgan fingerprint density at radius 2 is 0.988 bits per heavy atom. The molecular weight excluding hydrogens is 1070 g/mol. The molecule has 0 atom stereocenters. The molecule has 0 aliphatic carbocycles. The van der Waals surface area contributed by atoms with Crippen LogP contribution in [0.4, 0.5) is 20.2 Å². The van der Waals surface area contributed by atoms with Crippen molar-refractivity contribution in [2.24, 2.45) is 0 Å². The fourth-order valence-corrected chi connectivity index (χ4v) is 12.1. The summed E-state index contributed by atoms with van der Waals surface area (Å²) in [6, 6.07) is 31.0. The third-order valence-corrected chi connectivity index (χ3v) is 16.4. The van der Waals surface area contributed by atoms with Crippen molar-refractivity contribution in [1.29, 1.82) is 0 Å². The normalized spacial score (nSPS) is 12.9. The number of pyridine rings is 2. The van der Waals surface area contributed by atoms with Gasteiger partial charge in [-0.2, -0.15) is 0 Å². The van der Waals surface area contributed by atoms with Gasteiger partial charge in [0.05, 0.1) is 49.2 Å². The third kappa shape index (κ3) is 11.8. The number of halogens is 2. The van der Waals surface area contributed by atoms with E-state index in [1.54, 1.807) is 69.6 Å². The van der Waals surface area contributed by atoms with Gasteiger partial charge in [-0.05, 0) is 128 Å². The number of hydrogen-bond acceptors (Lipinski definition) is 12. The van der Waals surface area contributed by atoms with Gasteiger partial charge in [-0.25, -0.2) is 25.6 Å². The van der Waals surface area contributed by atoms with Crippen LogP contribution in [0.15, 0.2) is 122 Å². The van der Waals surface area contributed by atoms with E-state index in [2.05, 4.69) is 10.3 Å². The highest BCUT2D eigenvalue weighted by Gasteiger charge is 2.39. The summed E-state index contributed by atoms with van der Waals surface area (Å²) < 4.78 is 104. The highest BCUT2D eigenvalue weighted by atomic mass is 32.2. The molecular formula is C60H60F2N6O10S2. The van der Waals surface area contributed by atoms with Crippen molar-refractivity contribution in [2.75, 3.05) is 55.0 Å². The van der Waals surface area contributed by atoms with Gasteiger partial charge in [0.2, 0.25) is 20.0 Å². The number of carbonyl (C=O) groups excluding carboxylic acids is 2. The van der Waals surface area contributed by atoms with Gasteiger partial charge in [-0.1, -0.05) is 48.5 Å². The van der Waals surface area contributed by atoms with Crippen molar-refractivity contribution >= 4 is 65.0 Å². The van der Waals surface area contributed by atoms with Crippen molar-refractivity contribution in [1.82, 2.24) is 20.2 Å². The summed E-state index contributed by atoms with van der Waals surface area (Å²) in [5.74, 6) is 0.839. The molecule has 0 radical (unpaired) electrons. The zero-order valence-corrected chi connectivity index (χ0v) is 46.9. The molecule has 0 fully saturated rings. The number of benzene rings is 6. The lowest BCUT2D eigenvalue weighted by atomic mass is 9.98. The number of rotatable bonds is 19. The van der Waals surface area contributed by atoms with E-state index in [9.17, 15) is 35.2 Å². The number of methoxy groups -OCH3 is 2. The molecule has 8 aromatic rings. The smallest absolute Gasteiger partial charge is 0.258 e. The minimum Gasteiger partial charge on any atom is -0.497 e. The second-order valence-electron chi connectivity index (χ2n) is 19.3. The molecule has 80 heavy (non-hydrogen) atoms. The Bertz CT molecular complexity index is 3870. The number of fused-ring (bicyclic) bond motifs is 4. The van der Waals surface area contributed by atoms with Gasteiger partial charge in [0.1, 0.15) is 47.4 Å². The van der Waals surface area contributed by atoms with Gasteiger partial charge in [-0.3, -0.25) is 28.2 Å². The van der Waals surface area contributed by atoms with E-state index in [-0.39, 0.29) is 68.4 Å². The van der Waals surface area contributed by atoms with Gasteiger partial charge in [-0.15, -0.1) is 0 Å². The number of amides is 2. The summed E-state index contributed by atoms with van der Waals surface area (Å²) in [7, 11) is -4.18. The number of aromatic nitrogens is 2. The maximum Gasteiger partial charge on any atom is 0.258 e. The highest BCUT2D eigenvalue weighted by Crippen LogP contribution is 2.47. The summed E-state index contributed by atoms with van der Waals surface area (Å²) in [6.07, 6.45) is 6.59. The molecule has 0 unspecified atom stereocenters. The Morgan fingerprint density at radius 1 is 0.575 bits per heavy atom. The second kappa shape index (κ2) is 23.5. The molecule has 0 saturated heterocycles. The largest absolute Gasteiger partial charge is 0.497 e. The molecule has 20 heteroatoms. The summed E-state index contributed by atoms with van der Waals surface area (Å²) in [6.45, 7) is 6.94. The molecule has 0 bridgehead atoms. The summed E-state index contributed by atoms with van der Waals surface area (Å²) in [5, 5.41) is 3.96. The summed E-state index contributed by atoms with van der Waals surface area (Å²) >= 11 is 0. The Balaban J connectivity index is 0.000000194. The van der Waals surface area contributed by atoms with Gasteiger partial charge >= 0.3 is 0 Å². The first-order chi connectivity index (χ1) is 38.3. The van der Waals surface area contributed by atoms with Crippen LogP contribution >= 0.6 is 0 Å². The lowest BCUT2D eigenvalue weighted by Crippen LogP contribution is -2.31. The van der Waals surface area contributed by atoms with Crippen molar-refractivity contribution in [3.63, 3.8) is 0 Å². The van der Waals surface area contributed by atoms with Gasteiger partial charge < -0.3 is 29.2 Å². The predicted molar refractivity (Wildman–Crippen MR) is 304 cm³/mol. The summed E-state index contributed by atoms with van der Waals surface area (Å²) in [4.78, 5) is 37.8. The van der Waals surface area contributed by atoms with Crippen LogP contribution in [0, 0.1) is 11.6 Å². The Labute approximate surface area is 464 Å². The molecule has 2 aromatic heterocycles. The molecule has 1 N–H and O–H groups in total. The Kier molecular flexibility index (Phi) is 16.6. The predicted octanol–water partition coefficient (Wildman–Crippen LogP) is 9.90. The van der Waals surface area contributed by atoms with Crippen molar-refractivity contribution in [3.8, 4) is 23.0 Å². The standard InChI is InChI=1S/C31H32FN3O5S.C29H28FN3O5S/c1-5-34-18-26-27(31(34)36)30(40-19-21-9-13-24(39-3)14-10-21)28-25(29(26)35(6-2)41(4,37)38)16-22(17-33-28)15-20-7-11-23(32)12-8-20;1-4-33(39(3,35)36)27-23-14-20(13-18-5-9-21(30)10-6-18)15-31-26(23)28(25-24(27)16-32-29(25)34)38-17-19-7-11-22(37-2)12-8-19/h7-14,16-17H,5-6,15,18-19H2,1-4H3;5-12,14-15H,4,13,16-17H2,1-3H3,(H,32,34). The number of sulfonamides is 2. The number of hydrogen-bond donors (Lipinski definition) is 1. The van der Waals surface area contributed by atoms with Crippen LogP contribution in [0.5, 0.6) is 23.0 Å². The van der Waals surface area contributed by atoms with E-state index in [0.717, 1.165) is 45.9 Å². The van der Waals surface area contributed by atoms with Crippen LogP contribution in [0.25, 0.3) is 21.8 Å². The lowest BCUT2D eigenvalue weighted by molar-refractivity contribution is 0.0783. The van der Waals surface area contributed by atoms with E-state index in [1.807, 2.05) is 67.6 Å². The van der Waals surface area contributed by atoms with E-state index in [0.29, 0.717) is 92.3 Å². The molecule has 6 aromatic carbocycles. The monoisotopic (exact) mass is 1130 g/mol. The zero-order valence-electron chi connectivity index (χ0n) is 45.3. The van der Waals surface area contributed by atoms with E-state index < -0.39 is 20.0 Å². The van der Waals surface area contributed by atoms with Crippen LogP contribution in [-0.4, -0.2) is 89.9 Å². The topological polar surface area (TPSA) is 187 Å². The van der Waals surface area contributed by atoms with E-state index >= 15 is 0 Å². The zero-order chi connectivity index (χ0) is 57.0. The minimum absolute atomic E-state index is 0.159. The van der Waals surface area contributed by atoms with E-state index in [4.69, 9.17) is 23.9 Å². The summed E-state index contributed by atoms with van der Waals surface area (Å²) in [5.41, 5.74) is 8.52. The molecule has 0 saturated carbocycles. The average Bonchev–Trinajstić information content (AvgIpc) is 4.01. The van der Waals surface area contributed by atoms with Crippen molar-refractivity contribution in [2.45, 2.75) is 59.9 Å². The first-order valence-corrected chi connectivity index (χ1v) is 29.5. The molecule has 2 amide bonds. The minimum atomic E-state index is -3.69. The fraction of sp³-hybridized carbons (Fsp3) is 0.267. The Morgan fingerprint density at radius 3 is 1.39 bits per heavy atom. The van der Waals surface area contributed by atoms with Crippen molar-refractivity contribution in [3.05, 3.63) is 189 Å². The molecule has 10 rings (SSSR count). The first-order valence-electron chi connectivity index (χ1n) is 25.8. The quantitative estimate of drug-likeness (QED) is 0.0809. The molecule has 4 heterocycles. The third-order valence-electron chi connectivity index (χ3n) is 13.9. The van der Waals surface area contributed by atoms with Gasteiger partial charge in [0.25, 0.3) is 11.8 Å². The maximum absolute atomic E-state index is 13.6. The first kappa shape index (κ1) is 56.4. The number of ether oxygens (including phenoxy) is 4. The van der Waals surface area contributed by atoms with E-state index in [1.165, 1.54) is 32.9 Å². The highest BCUT2D eigenvalue weighted by molar-refractivity contribution is 7.92. The van der Waals surface area contributed by atoms with Crippen LogP contribution in [-0.2, 0) is 59.2 Å². The molecule has 416 valence electrons. The van der Waals surface area contributed by atoms with Crippen LogP contribution in [0.1, 0.15) is 86.0 Å². The number of nitrogens with zero attached hydrogens (tertiary/aromatic N) is 5. The lowest BCUT2D eigenvalue weighted by Gasteiger charge is -2.26. The number of carbonyl (C=O) groups is 2. The Hall–Kier alpha value is -8.36. The number of nitrogens with one attached hydrogen (secondary N) is 1. The fourth-order valence-electron chi connectivity index (χ4n) is 10.1. The van der Waals surface area contributed by atoms with Gasteiger partial charge in [0.15, 0.2) is 11.5 Å². The maximum atomic E-state index is 13.6. The van der Waals surface area contributed by atoms with Crippen LogP contribution < -0.4 is 32.9 Å². The molecule has 2 aliphatic rings. The molecule has 0 spiro atoms. The van der Waals surface area contributed by atoms with Gasteiger partial charge in [0, 0.05) is 67.0 Å². The molecule has 2 aliphatic heterocycles. The SMILES string of the molecule is CCN(c1c2c(c(OCc3ccc(OC)cc3)c3ncc(Cc4ccc(F)cc4)cc13)C(=O)NC2)S(C)(=O)=O.CCN1Cc2c(c(OCc3ccc(OC)cc3)c3ncc(Cc4ccc(F)cc4)cc3c2N(CC)S(C)(=O)=O)C1=O. The number of anilines is 2. The van der Waals surface area contributed by atoms with Crippen LogP contribution in [0.2, 0.25) is 0 Å². The van der Waals surface area contributed by atoms with Crippen molar-refractivity contribution < 1.29 is 54.2 Å². The van der Waals surface area contributed by atoms with Crippen LogP contribution in [0.3, 0.4) is 0 Å². The molecule has 16 nitrogen and oxygen atoms in total. The second-order valence-corrected chi connectivity index (χ2v) is 23.1. The average molecular weight is 1130 g/mol.